The van der Waals surface area contributed by atoms with Gasteiger partial charge >= 0.3 is 24.0 Å². The number of esters is 2. The van der Waals surface area contributed by atoms with Crippen molar-refractivity contribution in [2.75, 3.05) is 119 Å². The van der Waals surface area contributed by atoms with Gasteiger partial charge in [0.2, 0.25) is 11.8 Å². The molecule has 4 aromatic heterocycles. The van der Waals surface area contributed by atoms with Gasteiger partial charge in [0.25, 0.3) is 11.1 Å². The molecule has 26 nitrogen and oxygen atoms in total. The summed E-state index contributed by atoms with van der Waals surface area (Å²) in [6, 6.07) is 26.7. The molecule has 10 heterocycles. The van der Waals surface area contributed by atoms with Crippen molar-refractivity contribution in [3.8, 4) is 0 Å². The molecule has 4 aromatic carbocycles. The first-order valence-electron chi connectivity index (χ1n) is 42.3. The van der Waals surface area contributed by atoms with Gasteiger partial charge in [0.1, 0.15) is 12.1 Å². The lowest BCUT2D eigenvalue weighted by Crippen LogP contribution is -2.59. The third-order valence-corrected chi connectivity index (χ3v) is 24.8. The van der Waals surface area contributed by atoms with Gasteiger partial charge in [0, 0.05) is 155 Å². The number of carbonyl (C=O) groups excluding carboxylic acids is 6. The molecular formula is C88H120N16O10. The number of piperidine rings is 4. The Bertz CT molecular complexity index is 4540. The minimum Gasteiger partial charge on any atom is -0.442 e. The van der Waals surface area contributed by atoms with E-state index in [9.17, 15) is 38.4 Å². The number of pyridine rings is 2. The van der Waals surface area contributed by atoms with Crippen molar-refractivity contribution in [3.05, 3.63) is 151 Å². The largest absolute Gasteiger partial charge is 0.442 e. The van der Waals surface area contributed by atoms with Crippen LogP contribution in [0.25, 0.3) is 43.6 Å². The van der Waals surface area contributed by atoms with Crippen molar-refractivity contribution >= 4 is 79.4 Å². The molecule has 0 aliphatic carbocycles. The first kappa shape index (κ1) is 82.5. The summed E-state index contributed by atoms with van der Waals surface area (Å²) >= 11 is 0. The Morgan fingerprint density at radius 1 is 0.482 bits per heavy atom. The molecule has 6 fully saturated rings. The second-order valence-electron chi connectivity index (χ2n) is 32.9. The number of unbranched alkanes of at least 4 members (excludes halogenated alkanes) is 6. The van der Waals surface area contributed by atoms with Crippen LogP contribution in [-0.2, 0) is 55.0 Å². The Kier molecular flexibility index (Phi) is 28.4. The number of urea groups is 2. The van der Waals surface area contributed by atoms with Crippen LogP contribution in [-0.4, -0.2) is 248 Å². The van der Waals surface area contributed by atoms with Gasteiger partial charge in [-0.25, -0.2) is 19.0 Å². The van der Waals surface area contributed by atoms with Gasteiger partial charge in [-0.05, 0) is 200 Å². The van der Waals surface area contributed by atoms with Crippen LogP contribution < -0.4 is 21.8 Å². The second-order valence-corrected chi connectivity index (χ2v) is 32.9. The first-order chi connectivity index (χ1) is 55.3. The minimum atomic E-state index is -0.756. The third kappa shape index (κ3) is 21.1. The van der Waals surface area contributed by atoms with Crippen LogP contribution in [0.1, 0.15) is 175 Å². The molecule has 0 saturated carbocycles. The minimum absolute atomic E-state index is 0.0444. The predicted octanol–water partition coefficient (Wildman–Crippen LogP) is 10.8. The fourth-order valence-corrected chi connectivity index (χ4v) is 18.0. The van der Waals surface area contributed by atoms with Gasteiger partial charge < -0.3 is 59.5 Å². The van der Waals surface area contributed by atoms with E-state index in [-0.39, 0.29) is 72.2 Å². The average Bonchev–Trinajstić information content (AvgIpc) is 1.20. The van der Waals surface area contributed by atoms with Gasteiger partial charge in [0.05, 0.1) is 17.2 Å². The smallest absolute Gasteiger partial charge is 0.318 e. The summed E-state index contributed by atoms with van der Waals surface area (Å²) in [5, 5.41) is 19.3. The van der Waals surface area contributed by atoms with Crippen molar-refractivity contribution in [2.45, 2.75) is 206 Å². The molecule has 114 heavy (non-hydrogen) atoms. The van der Waals surface area contributed by atoms with E-state index in [0.29, 0.717) is 116 Å². The predicted molar refractivity (Wildman–Crippen MR) is 444 cm³/mol. The number of aromatic nitrogens is 6. The maximum Gasteiger partial charge on any atom is 0.318 e. The van der Waals surface area contributed by atoms with E-state index >= 15 is 0 Å². The van der Waals surface area contributed by atoms with Crippen LogP contribution >= 0.6 is 0 Å². The summed E-state index contributed by atoms with van der Waals surface area (Å²) in [5.41, 5.74) is 8.44. The lowest BCUT2D eigenvalue weighted by molar-refractivity contribution is -0.148. The van der Waals surface area contributed by atoms with Crippen LogP contribution in [0, 0.1) is 13.8 Å². The molecule has 0 bridgehead atoms. The maximum atomic E-state index is 14.4. The van der Waals surface area contributed by atoms with Crippen LogP contribution in [0.2, 0.25) is 0 Å². The summed E-state index contributed by atoms with van der Waals surface area (Å²) in [4.78, 5) is 131. The molecule has 4 N–H and O–H groups in total. The van der Waals surface area contributed by atoms with E-state index in [4.69, 9.17) is 9.47 Å². The zero-order valence-electron chi connectivity index (χ0n) is 68.0. The Balaban J connectivity index is 0.000000199. The van der Waals surface area contributed by atoms with Crippen LogP contribution in [0.15, 0.2) is 107 Å². The van der Waals surface area contributed by atoms with Crippen molar-refractivity contribution in [1.82, 2.24) is 79.4 Å². The second kappa shape index (κ2) is 39.2. The molecule has 6 aliphatic rings. The van der Waals surface area contributed by atoms with E-state index in [2.05, 4.69) is 78.3 Å². The molecule has 14 rings (SSSR count). The Morgan fingerprint density at radius 3 is 1.39 bits per heavy atom. The topological polar surface area (TPSA) is 272 Å². The molecule has 26 heteroatoms. The summed E-state index contributed by atoms with van der Waals surface area (Å²) in [6.45, 7) is 20.6. The number of aryl methyl sites for hydroxylation is 2. The monoisotopic (exact) mass is 1560 g/mol. The zero-order chi connectivity index (χ0) is 79.8. The van der Waals surface area contributed by atoms with Crippen molar-refractivity contribution < 1.29 is 38.2 Å². The normalized spacial score (nSPS) is 18.3. The summed E-state index contributed by atoms with van der Waals surface area (Å²) in [5.74, 6) is -0.485. The molecule has 0 unspecified atom stereocenters. The number of aromatic amines is 2. The lowest BCUT2D eigenvalue weighted by Gasteiger charge is -2.43. The van der Waals surface area contributed by atoms with Crippen molar-refractivity contribution in [1.29, 1.82) is 0 Å². The molecule has 612 valence electrons. The summed E-state index contributed by atoms with van der Waals surface area (Å²) < 4.78 is 14.4. The number of benzene rings is 4. The number of carbonyl (C=O) groups is 6. The van der Waals surface area contributed by atoms with E-state index in [1.54, 1.807) is 25.4 Å². The van der Waals surface area contributed by atoms with E-state index in [1.165, 1.54) is 0 Å². The number of H-pyrrole nitrogens is 2. The molecule has 0 spiro atoms. The molecule has 6 amide bonds. The SMILES string of the molecule is CCCCCCC(=O)OCn1cc2cc(C[C@@H](NC(=O)N3CCC(c4cc5ccccc5[nH]c4=O)CC3)C(=O)N3CCN(C4CCN(C)CC4)CC3)cc(C)c2n1.CCCCCCC(=O)OCn1ncc2cc(C[C@@H](NC(=O)N3CCC(c4cc5ccccc5[nH]c4=O)CC3)C(=O)N3CCN(C4CCN(C)CC4)CC3)cc(C)c21. The highest BCUT2D eigenvalue weighted by Crippen LogP contribution is 2.32. The highest BCUT2D eigenvalue weighted by Gasteiger charge is 2.37. The average molecular weight is 1560 g/mol. The summed E-state index contributed by atoms with van der Waals surface area (Å²) in [6.07, 6.45) is 20.5. The molecule has 0 radical (unpaired) electrons. The standard InChI is InChI=1S/2C44H60N8O5/c1-4-5-6-7-12-40(53)57-30-52-29-35-26-32(25-31(2)41(35)47-52)27-39(43(55)50-23-21-49(22-24-50)36-15-17-48(3)18-16-36)46-44(56)51-19-13-33(14-20-51)37-28-34-10-8-9-11-38(34)45-42(37)54;1-4-5-6-7-12-40(53)57-30-52-41-31(2)25-32(26-35(41)29-45-52)27-39(43(55)50-23-21-49(22-24-50)36-15-17-48(3)18-16-36)47-44(56)51-19-13-33(14-20-51)37-28-34-10-8-9-11-38(34)46-42(37)54/h8-11,25-26,28-29,33,36,39H,4-7,12-24,27,30H2,1-3H3,(H,45,54)(H,46,56);8-11,25-26,28-29,33,36,39H,4-7,12-24,27,30H2,1-3H3,(H,46,54)(H,47,56)/t2*39-/m11/s1. The van der Waals surface area contributed by atoms with E-state index < -0.39 is 12.1 Å². The van der Waals surface area contributed by atoms with Crippen LogP contribution in [0.3, 0.4) is 0 Å². The highest BCUT2D eigenvalue weighted by atomic mass is 16.5. The number of nitrogens with zero attached hydrogens (tertiary/aromatic N) is 12. The van der Waals surface area contributed by atoms with Crippen LogP contribution in [0.5, 0.6) is 0 Å². The van der Waals surface area contributed by atoms with Gasteiger partial charge in [-0.2, -0.15) is 10.2 Å². The highest BCUT2D eigenvalue weighted by molar-refractivity contribution is 5.90. The molecule has 6 saturated heterocycles. The van der Waals surface area contributed by atoms with Crippen molar-refractivity contribution in [2.24, 2.45) is 0 Å². The number of rotatable bonds is 26. The fraction of sp³-hybridized carbons (Fsp3) is 0.568. The number of para-hydroxylation sites is 2. The number of ether oxygens (including phenoxy) is 2. The third-order valence-electron chi connectivity index (χ3n) is 24.8. The fourth-order valence-electron chi connectivity index (χ4n) is 18.0. The van der Waals surface area contributed by atoms with Gasteiger partial charge in [-0.1, -0.05) is 101 Å². The number of likely N-dealkylation sites (tertiary alicyclic amines) is 4. The van der Waals surface area contributed by atoms with Crippen LogP contribution in [0.4, 0.5) is 9.59 Å². The van der Waals surface area contributed by atoms with E-state index in [1.807, 2.05) is 115 Å². The number of hydrogen-bond acceptors (Lipinski definition) is 16. The molecule has 2 atom stereocenters. The van der Waals surface area contributed by atoms with Gasteiger partial charge in [0.15, 0.2) is 13.5 Å². The van der Waals surface area contributed by atoms with Crippen molar-refractivity contribution in [3.63, 3.8) is 0 Å². The van der Waals surface area contributed by atoms with Gasteiger partial charge in [-0.15, -0.1) is 0 Å². The van der Waals surface area contributed by atoms with E-state index in [0.717, 1.165) is 206 Å². The number of fused-ring (bicyclic) bond motifs is 4. The molecule has 6 aliphatic heterocycles. The lowest BCUT2D eigenvalue weighted by atomic mass is 9.89. The quantitative estimate of drug-likeness (QED) is 0.0290. The zero-order valence-corrected chi connectivity index (χ0v) is 68.0. The summed E-state index contributed by atoms with van der Waals surface area (Å²) in [7, 11) is 4.35. The molecule has 8 aromatic rings. The molecular weight excluding hydrogens is 1440 g/mol. The number of amides is 6. The maximum absolute atomic E-state index is 14.4. The number of nitrogens with one attached hydrogen (secondary N) is 4. The van der Waals surface area contributed by atoms with Gasteiger partial charge in [-0.3, -0.25) is 38.6 Å². The first-order valence-corrected chi connectivity index (χ1v) is 42.3. The Labute approximate surface area is 669 Å². The Morgan fingerprint density at radius 2 is 0.921 bits per heavy atom. The Hall–Kier alpha value is -9.50. The number of piperazine rings is 2. The number of hydrogen-bond donors (Lipinski definition) is 4.